The monoisotopic (exact) mass is 298 g/mol. The number of carboxylic acid groups (broad SMARTS) is 1. The molecule has 0 saturated carbocycles. The molecule has 6 heteroatoms. The summed E-state index contributed by atoms with van der Waals surface area (Å²) in [5.41, 5.74) is 0.222. The summed E-state index contributed by atoms with van der Waals surface area (Å²) in [6.45, 7) is 1.13. The summed E-state index contributed by atoms with van der Waals surface area (Å²) in [6, 6.07) is 6.18. The average molecular weight is 298 g/mol. The minimum absolute atomic E-state index is 0.130. The quantitative estimate of drug-likeness (QED) is 0.829. The molecule has 1 aromatic rings. The average Bonchev–Trinajstić information content (AvgIpc) is 2.92. The van der Waals surface area contributed by atoms with Gasteiger partial charge in [0.05, 0.1) is 24.0 Å². The molecule has 1 fully saturated rings. The lowest BCUT2D eigenvalue weighted by Gasteiger charge is -2.10. The number of benzene rings is 1. The first-order chi connectivity index (χ1) is 9.65. The van der Waals surface area contributed by atoms with Crippen LogP contribution < -0.4 is 4.74 Å². The highest BCUT2D eigenvalue weighted by atomic mass is 32.2. The van der Waals surface area contributed by atoms with Gasteiger partial charge in [-0.3, -0.25) is 4.21 Å². The molecule has 1 heterocycles. The molecule has 2 atom stereocenters. The molecule has 1 aliphatic rings. The van der Waals surface area contributed by atoms with Crippen LogP contribution in [0.2, 0.25) is 0 Å². The van der Waals surface area contributed by atoms with E-state index in [2.05, 4.69) is 0 Å². The van der Waals surface area contributed by atoms with Gasteiger partial charge in [0.2, 0.25) is 0 Å². The summed E-state index contributed by atoms with van der Waals surface area (Å²) in [5.74, 6) is 0.653. The van der Waals surface area contributed by atoms with E-state index in [1.165, 1.54) is 12.1 Å². The Morgan fingerprint density at radius 2 is 2.15 bits per heavy atom. The normalized spacial score (nSPS) is 19.7. The molecule has 0 spiro atoms. The van der Waals surface area contributed by atoms with Crippen LogP contribution in [0.4, 0.5) is 0 Å². The molecule has 1 aromatic carbocycles. The first-order valence-corrected chi connectivity index (χ1v) is 8.06. The summed E-state index contributed by atoms with van der Waals surface area (Å²) in [4.78, 5) is 10.7. The summed E-state index contributed by atoms with van der Waals surface area (Å²) >= 11 is 0. The van der Waals surface area contributed by atoms with Gasteiger partial charge in [-0.15, -0.1) is 0 Å². The Hall–Kier alpha value is -1.40. The molecule has 5 nitrogen and oxygen atoms in total. The second-order valence-corrected chi connectivity index (χ2v) is 6.24. The number of hydrogen-bond donors (Lipinski definition) is 1. The van der Waals surface area contributed by atoms with Crippen LogP contribution in [0.1, 0.15) is 23.2 Å². The number of ether oxygens (including phenoxy) is 2. The third-order valence-electron chi connectivity index (χ3n) is 3.08. The van der Waals surface area contributed by atoms with Gasteiger partial charge >= 0.3 is 5.97 Å². The molecule has 0 amide bonds. The molecule has 1 N–H and O–H groups in total. The van der Waals surface area contributed by atoms with Crippen LogP contribution >= 0.6 is 0 Å². The van der Waals surface area contributed by atoms with Crippen molar-refractivity contribution >= 4 is 16.8 Å². The molecule has 20 heavy (non-hydrogen) atoms. The zero-order chi connectivity index (χ0) is 14.4. The van der Waals surface area contributed by atoms with Crippen LogP contribution in [0, 0.1) is 0 Å². The van der Waals surface area contributed by atoms with Gasteiger partial charge in [-0.2, -0.15) is 0 Å². The van der Waals surface area contributed by atoms with Crippen LogP contribution in [0.15, 0.2) is 24.3 Å². The summed E-state index contributed by atoms with van der Waals surface area (Å²) in [7, 11) is -0.939. The molecule has 1 saturated heterocycles. The number of aromatic carboxylic acids is 1. The van der Waals surface area contributed by atoms with E-state index in [0.29, 0.717) is 23.9 Å². The second kappa shape index (κ2) is 7.40. The fourth-order valence-corrected chi connectivity index (χ4v) is 3.13. The Labute approximate surface area is 120 Å². The molecule has 2 rings (SSSR count). The van der Waals surface area contributed by atoms with Gasteiger partial charge in [-0.05, 0) is 37.1 Å². The van der Waals surface area contributed by atoms with E-state index >= 15 is 0 Å². The Kier molecular flexibility index (Phi) is 5.55. The van der Waals surface area contributed by atoms with Crippen LogP contribution in [-0.2, 0) is 15.5 Å². The molecule has 1 aliphatic heterocycles. The first-order valence-electron chi connectivity index (χ1n) is 6.58. The van der Waals surface area contributed by atoms with Crippen molar-refractivity contribution in [2.24, 2.45) is 0 Å². The smallest absolute Gasteiger partial charge is 0.335 e. The lowest BCUT2D eigenvalue weighted by Crippen LogP contribution is -2.20. The predicted octanol–water partition coefficient (Wildman–Crippen LogP) is 1.69. The van der Waals surface area contributed by atoms with Crippen molar-refractivity contribution < 1.29 is 23.6 Å². The molecule has 2 unspecified atom stereocenters. The van der Waals surface area contributed by atoms with Gasteiger partial charge in [0.15, 0.2) is 0 Å². The van der Waals surface area contributed by atoms with Crippen LogP contribution in [0.25, 0.3) is 0 Å². The van der Waals surface area contributed by atoms with E-state index in [-0.39, 0.29) is 11.7 Å². The zero-order valence-corrected chi connectivity index (χ0v) is 11.9. The van der Waals surface area contributed by atoms with Gasteiger partial charge in [0.1, 0.15) is 5.75 Å². The van der Waals surface area contributed by atoms with Gasteiger partial charge < -0.3 is 14.6 Å². The number of hydrogen-bond acceptors (Lipinski definition) is 4. The van der Waals surface area contributed by atoms with Crippen molar-refractivity contribution in [3.05, 3.63) is 29.8 Å². The van der Waals surface area contributed by atoms with Crippen molar-refractivity contribution in [2.45, 2.75) is 18.9 Å². The lowest BCUT2D eigenvalue weighted by atomic mass is 10.2. The second-order valence-electron chi connectivity index (χ2n) is 4.62. The molecule has 110 valence electrons. The van der Waals surface area contributed by atoms with Gasteiger partial charge in [-0.1, -0.05) is 0 Å². The first kappa shape index (κ1) is 15.0. The van der Waals surface area contributed by atoms with E-state index in [0.717, 1.165) is 19.4 Å². The fourth-order valence-electron chi connectivity index (χ4n) is 2.01. The standard InChI is InChI=1S/C14H18O5S/c15-14(16)11-3-5-12(6-4-11)19-8-9-20(17)10-13-2-1-7-18-13/h3-6,13H,1-2,7-10H2,(H,15,16). The van der Waals surface area contributed by atoms with Crippen LogP contribution in [0.3, 0.4) is 0 Å². The van der Waals surface area contributed by atoms with Crippen molar-refractivity contribution in [1.82, 2.24) is 0 Å². The van der Waals surface area contributed by atoms with Crippen LogP contribution in [-0.4, -0.2) is 46.1 Å². The third kappa shape index (κ3) is 4.61. The Bertz CT molecular complexity index is 465. The van der Waals surface area contributed by atoms with Gasteiger partial charge in [-0.25, -0.2) is 4.79 Å². The van der Waals surface area contributed by atoms with E-state index in [1.54, 1.807) is 12.1 Å². The molecule has 0 aliphatic carbocycles. The molecule has 0 bridgehead atoms. The molecular formula is C14H18O5S. The Balaban J connectivity index is 1.69. The zero-order valence-electron chi connectivity index (χ0n) is 11.1. The SMILES string of the molecule is O=C(O)c1ccc(OCCS(=O)CC2CCCO2)cc1. The number of rotatable bonds is 7. The Morgan fingerprint density at radius 3 is 2.75 bits per heavy atom. The number of carbonyl (C=O) groups is 1. The summed E-state index contributed by atoms with van der Waals surface area (Å²) in [6.07, 6.45) is 2.17. The maximum atomic E-state index is 11.8. The summed E-state index contributed by atoms with van der Waals surface area (Å²) in [5, 5.41) is 8.77. The van der Waals surface area contributed by atoms with Crippen molar-refractivity contribution in [3.8, 4) is 5.75 Å². The third-order valence-corrected chi connectivity index (χ3v) is 4.44. The van der Waals surface area contributed by atoms with E-state index in [4.69, 9.17) is 14.6 Å². The minimum atomic E-state index is -0.964. The highest BCUT2D eigenvalue weighted by Crippen LogP contribution is 2.14. The largest absolute Gasteiger partial charge is 0.493 e. The fraction of sp³-hybridized carbons (Fsp3) is 0.500. The van der Waals surface area contributed by atoms with Crippen molar-refractivity contribution in [3.63, 3.8) is 0 Å². The lowest BCUT2D eigenvalue weighted by molar-refractivity contribution is 0.0697. The van der Waals surface area contributed by atoms with Gasteiger partial charge in [0.25, 0.3) is 0 Å². The molecule has 0 radical (unpaired) electrons. The van der Waals surface area contributed by atoms with E-state index < -0.39 is 16.8 Å². The van der Waals surface area contributed by atoms with Gasteiger partial charge in [0, 0.05) is 23.2 Å². The maximum Gasteiger partial charge on any atom is 0.335 e. The highest BCUT2D eigenvalue weighted by Gasteiger charge is 2.18. The van der Waals surface area contributed by atoms with E-state index in [9.17, 15) is 9.00 Å². The minimum Gasteiger partial charge on any atom is -0.493 e. The molecular weight excluding hydrogens is 280 g/mol. The predicted molar refractivity (Wildman–Crippen MR) is 75.7 cm³/mol. The van der Waals surface area contributed by atoms with E-state index in [1.807, 2.05) is 0 Å². The maximum absolute atomic E-state index is 11.8. The van der Waals surface area contributed by atoms with Crippen molar-refractivity contribution in [2.75, 3.05) is 24.7 Å². The molecule has 0 aromatic heterocycles. The Morgan fingerprint density at radius 1 is 1.40 bits per heavy atom. The van der Waals surface area contributed by atoms with Crippen molar-refractivity contribution in [1.29, 1.82) is 0 Å². The van der Waals surface area contributed by atoms with Crippen LogP contribution in [0.5, 0.6) is 5.75 Å². The summed E-state index contributed by atoms with van der Waals surface area (Å²) < 4.78 is 22.7. The highest BCUT2D eigenvalue weighted by molar-refractivity contribution is 7.85. The topological polar surface area (TPSA) is 72.8 Å². The number of carboxylic acids is 1.